The smallest absolute Gasteiger partial charge is 0.243 e. The maximum absolute atomic E-state index is 12.8. The van der Waals surface area contributed by atoms with E-state index < -0.39 is 10.0 Å². The van der Waals surface area contributed by atoms with Gasteiger partial charge in [-0.05, 0) is 12.1 Å². The average molecular weight is 380 g/mol. The number of nitrogens with zero attached hydrogens (tertiary/aromatic N) is 4. The molecule has 138 valence electrons. The van der Waals surface area contributed by atoms with Crippen LogP contribution >= 0.6 is 0 Å². The monoisotopic (exact) mass is 380 g/mol. The molecule has 1 aromatic heterocycles. The quantitative estimate of drug-likeness (QED) is 0.696. The van der Waals surface area contributed by atoms with Gasteiger partial charge in [0.2, 0.25) is 10.0 Å². The van der Waals surface area contributed by atoms with Crippen LogP contribution in [0, 0.1) is 0 Å². The summed E-state index contributed by atoms with van der Waals surface area (Å²) in [5, 5.41) is 0. The molecule has 0 unspecified atom stereocenters. The molecule has 7 heteroatoms. The van der Waals surface area contributed by atoms with E-state index in [1.165, 1.54) is 4.31 Å². The summed E-state index contributed by atoms with van der Waals surface area (Å²) in [6.45, 7) is 2.05. The SMILES string of the molecule is O=S(=O)(c1ccccc1)N1CCN(c2cc(-c3ccccc3)ncn2)CC1. The van der Waals surface area contributed by atoms with E-state index in [4.69, 9.17) is 0 Å². The van der Waals surface area contributed by atoms with Crippen LogP contribution in [0.15, 0.2) is 78.0 Å². The number of piperazine rings is 1. The van der Waals surface area contributed by atoms with Gasteiger partial charge in [0.05, 0.1) is 10.6 Å². The van der Waals surface area contributed by atoms with Gasteiger partial charge in [0.15, 0.2) is 0 Å². The summed E-state index contributed by atoms with van der Waals surface area (Å²) in [6, 6.07) is 20.5. The number of aromatic nitrogens is 2. The molecule has 1 aliphatic heterocycles. The molecule has 0 bridgehead atoms. The Morgan fingerprint density at radius 1 is 0.778 bits per heavy atom. The predicted molar refractivity (Wildman–Crippen MR) is 105 cm³/mol. The molecule has 0 spiro atoms. The molecule has 0 saturated carbocycles. The molecule has 2 heterocycles. The first-order valence-electron chi connectivity index (χ1n) is 8.82. The van der Waals surface area contributed by atoms with Gasteiger partial charge in [0.1, 0.15) is 12.1 Å². The van der Waals surface area contributed by atoms with Gasteiger partial charge in [0, 0.05) is 37.8 Å². The third-order valence-electron chi connectivity index (χ3n) is 4.67. The van der Waals surface area contributed by atoms with Crippen molar-refractivity contribution in [2.75, 3.05) is 31.1 Å². The highest BCUT2D eigenvalue weighted by Gasteiger charge is 2.28. The molecule has 0 N–H and O–H groups in total. The number of rotatable bonds is 4. The zero-order valence-electron chi connectivity index (χ0n) is 14.8. The largest absolute Gasteiger partial charge is 0.354 e. The molecule has 1 fully saturated rings. The van der Waals surface area contributed by atoms with E-state index >= 15 is 0 Å². The fourth-order valence-electron chi connectivity index (χ4n) is 3.19. The minimum absolute atomic E-state index is 0.340. The summed E-state index contributed by atoms with van der Waals surface area (Å²) in [4.78, 5) is 11.2. The summed E-state index contributed by atoms with van der Waals surface area (Å²) >= 11 is 0. The van der Waals surface area contributed by atoms with E-state index in [-0.39, 0.29) is 0 Å². The average Bonchev–Trinajstić information content (AvgIpc) is 2.75. The van der Waals surface area contributed by atoms with Crippen molar-refractivity contribution >= 4 is 15.8 Å². The molecule has 1 aliphatic rings. The first kappa shape index (κ1) is 17.6. The molecule has 27 heavy (non-hydrogen) atoms. The van der Waals surface area contributed by atoms with Crippen molar-refractivity contribution in [1.82, 2.24) is 14.3 Å². The third-order valence-corrected chi connectivity index (χ3v) is 6.58. The van der Waals surface area contributed by atoms with Gasteiger partial charge in [-0.15, -0.1) is 0 Å². The molecule has 1 saturated heterocycles. The van der Waals surface area contributed by atoms with Crippen LogP contribution in [0.25, 0.3) is 11.3 Å². The van der Waals surface area contributed by atoms with Gasteiger partial charge < -0.3 is 4.90 Å². The second kappa shape index (κ2) is 7.46. The van der Waals surface area contributed by atoms with Gasteiger partial charge in [-0.25, -0.2) is 18.4 Å². The standard InChI is InChI=1S/C20H20N4O2S/c25-27(26,18-9-5-2-6-10-18)24-13-11-23(12-14-24)20-15-19(21-16-22-20)17-7-3-1-4-8-17/h1-10,15-16H,11-14H2. The zero-order valence-corrected chi connectivity index (χ0v) is 15.6. The van der Waals surface area contributed by atoms with E-state index in [0.717, 1.165) is 17.1 Å². The first-order chi connectivity index (χ1) is 13.1. The third kappa shape index (κ3) is 3.70. The molecular formula is C20H20N4O2S. The Labute approximate surface area is 159 Å². The Morgan fingerprint density at radius 2 is 1.41 bits per heavy atom. The highest BCUT2D eigenvalue weighted by Crippen LogP contribution is 2.23. The van der Waals surface area contributed by atoms with Crippen LogP contribution < -0.4 is 4.90 Å². The lowest BCUT2D eigenvalue weighted by atomic mass is 10.1. The summed E-state index contributed by atoms with van der Waals surface area (Å²) < 4.78 is 27.0. The molecule has 0 radical (unpaired) electrons. The van der Waals surface area contributed by atoms with Gasteiger partial charge in [-0.1, -0.05) is 48.5 Å². The van der Waals surface area contributed by atoms with Crippen molar-refractivity contribution in [3.05, 3.63) is 73.1 Å². The predicted octanol–water partition coefficient (Wildman–Crippen LogP) is 2.65. The molecule has 0 amide bonds. The van der Waals surface area contributed by atoms with Gasteiger partial charge >= 0.3 is 0 Å². The summed E-state index contributed by atoms with van der Waals surface area (Å²) in [5.41, 5.74) is 1.89. The summed E-state index contributed by atoms with van der Waals surface area (Å²) in [7, 11) is -3.44. The van der Waals surface area contributed by atoms with Crippen molar-refractivity contribution in [2.45, 2.75) is 4.90 Å². The molecule has 6 nitrogen and oxygen atoms in total. The van der Waals surface area contributed by atoms with Crippen LogP contribution in [0.1, 0.15) is 0 Å². The van der Waals surface area contributed by atoms with Crippen LogP contribution in [0.3, 0.4) is 0 Å². The Balaban J connectivity index is 1.49. The van der Waals surface area contributed by atoms with E-state index in [2.05, 4.69) is 14.9 Å². The number of hydrogen-bond acceptors (Lipinski definition) is 5. The fraction of sp³-hybridized carbons (Fsp3) is 0.200. The van der Waals surface area contributed by atoms with Crippen LogP contribution in [0.4, 0.5) is 5.82 Å². The highest BCUT2D eigenvalue weighted by molar-refractivity contribution is 7.89. The first-order valence-corrected chi connectivity index (χ1v) is 10.3. The van der Waals surface area contributed by atoms with Crippen LogP contribution in [0.5, 0.6) is 0 Å². The van der Waals surface area contributed by atoms with E-state index in [1.807, 2.05) is 42.5 Å². The number of anilines is 1. The van der Waals surface area contributed by atoms with E-state index in [0.29, 0.717) is 31.1 Å². The normalized spacial score (nSPS) is 15.6. The maximum Gasteiger partial charge on any atom is 0.243 e. The number of benzene rings is 2. The Hall–Kier alpha value is -2.77. The van der Waals surface area contributed by atoms with Crippen LogP contribution in [-0.4, -0.2) is 48.9 Å². The molecule has 0 aliphatic carbocycles. The van der Waals surface area contributed by atoms with Crippen molar-refractivity contribution in [1.29, 1.82) is 0 Å². The minimum atomic E-state index is -3.44. The Kier molecular flexibility index (Phi) is 4.87. The second-order valence-electron chi connectivity index (χ2n) is 6.33. The topological polar surface area (TPSA) is 66.4 Å². The molecule has 2 aromatic carbocycles. The second-order valence-corrected chi connectivity index (χ2v) is 8.27. The van der Waals surface area contributed by atoms with E-state index in [9.17, 15) is 8.42 Å². The van der Waals surface area contributed by atoms with Crippen molar-refractivity contribution in [3.8, 4) is 11.3 Å². The molecule has 0 atom stereocenters. The Morgan fingerprint density at radius 3 is 2.07 bits per heavy atom. The van der Waals surface area contributed by atoms with Crippen molar-refractivity contribution in [2.24, 2.45) is 0 Å². The van der Waals surface area contributed by atoms with Gasteiger partial charge in [0.25, 0.3) is 0 Å². The maximum atomic E-state index is 12.8. The highest BCUT2D eigenvalue weighted by atomic mass is 32.2. The van der Waals surface area contributed by atoms with Crippen LogP contribution in [-0.2, 0) is 10.0 Å². The van der Waals surface area contributed by atoms with Gasteiger partial charge in [-0.2, -0.15) is 4.31 Å². The van der Waals surface area contributed by atoms with Crippen LogP contribution in [0.2, 0.25) is 0 Å². The zero-order chi connectivity index (χ0) is 18.7. The number of sulfonamides is 1. The Bertz CT molecular complexity index is 1000. The lowest BCUT2D eigenvalue weighted by molar-refractivity contribution is 0.384. The molecule has 3 aromatic rings. The number of hydrogen-bond donors (Lipinski definition) is 0. The minimum Gasteiger partial charge on any atom is -0.354 e. The fourth-order valence-corrected chi connectivity index (χ4v) is 4.63. The van der Waals surface area contributed by atoms with Gasteiger partial charge in [-0.3, -0.25) is 0 Å². The summed E-state index contributed by atoms with van der Waals surface area (Å²) in [5.74, 6) is 0.820. The van der Waals surface area contributed by atoms with Crippen molar-refractivity contribution in [3.63, 3.8) is 0 Å². The lowest BCUT2D eigenvalue weighted by Crippen LogP contribution is -2.48. The van der Waals surface area contributed by atoms with Crippen molar-refractivity contribution < 1.29 is 8.42 Å². The lowest BCUT2D eigenvalue weighted by Gasteiger charge is -2.34. The molecular weight excluding hydrogens is 360 g/mol. The van der Waals surface area contributed by atoms with E-state index in [1.54, 1.807) is 30.6 Å². The summed E-state index contributed by atoms with van der Waals surface area (Å²) in [6.07, 6.45) is 1.56. The molecule has 4 rings (SSSR count).